The summed E-state index contributed by atoms with van der Waals surface area (Å²) in [6.07, 6.45) is 0.316. The maximum atomic E-state index is 13.1. The van der Waals surface area contributed by atoms with Crippen molar-refractivity contribution in [2.45, 2.75) is 31.2 Å². The molecule has 1 saturated heterocycles. The molecule has 10 heteroatoms. The zero-order valence-corrected chi connectivity index (χ0v) is 20.5. The number of amides is 1. The third kappa shape index (κ3) is 4.79. The molecule has 1 aliphatic heterocycles. The van der Waals surface area contributed by atoms with E-state index in [9.17, 15) is 18.0 Å². The second-order valence-electron chi connectivity index (χ2n) is 9.05. The van der Waals surface area contributed by atoms with Gasteiger partial charge in [-0.3, -0.25) is 14.5 Å². The van der Waals surface area contributed by atoms with Crippen molar-refractivity contribution in [1.82, 2.24) is 9.62 Å². The van der Waals surface area contributed by atoms with Gasteiger partial charge in [-0.25, -0.2) is 8.42 Å². The van der Waals surface area contributed by atoms with Crippen LogP contribution in [0.4, 0.5) is 5.69 Å². The predicted octanol–water partition coefficient (Wildman–Crippen LogP) is 2.73. The molecule has 1 unspecified atom stereocenters. The lowest BCUT2D eigenvalue weighted by atomic mass is 10.1. The minimum absolute atomic E-state index is 0.0187. The molecule has 3 aromatic rings. The first-order chi connectivity index (χ1) is 16.1. The van der Waals surface area contributed by atoms with Crippen molar-refractivity contribution in [3.8, 4) is 0 Å². The van der Waals surface area contributed by atoms with Crippen molar-refractivity contribution in [2.24, 2.45) is 5.92 Å². The Bertz CT molecular complexity index is 1350. The molecule has 4 rings (SSSR count). The van der Waals surface area contributed by atoms with E-state index in [1.165, 1.54) is 19.2 Å². The molecule has 34 heavy (non-hydrogen) atoms. The lowest BCUT2D eigenvalue weighted by Gasteiger charge is -2.32. The molecule has 1 N–H and O–H groups in total. The van der Waals surface area contributed by atoms with E-state index >= 15 is 0 Å². The molecular weight excluding hydrogens is 458 g/mol. The number of rotatable bonds is 7. The zero-order valence-electron chi connectivity index (χ0n) is 19.7. The topological polar surface area (TPSA) is 109 Å². The number of esters is 1. The number of furan rings is 1. The number of likely N-dealkylation sites (N-methyl/N-ethyl adjacent to an activating group) is 1. The number of carbonyl (C=O) groups is 2. The highest BCUT2D eigenvalue weighted by atomic mass is 32.2. The van der Waals surface area contributed by atoms with Crippen LogP contribution in [0.25, 0.3) is 21.9 Å². The minimum atomic E-state index is -3.99. The standard InChI is InChI=1S/C24H29N3O6S/c1-15(2)11-20(24(29)32-4)25-34(30,31)17-6-8-21-19(13-17)18-7-5-16(12-22(18)33-21)27-10-9-26(3)14-23(27)28/h5-8,12-13,15,20,25H,9-11,14H2,1-4H3. The van der Waals surface area contributed by atoms with Gasteiger partial charge in [-0.2, -0.15) is 4.72 Å². The highest BCUT2D eigenvalue weighted by Gasteiger charge is 2.28. The minimum Gasteiger partial charge on any atom is -0.468 e. The molecule has 182 valence electrons. The van der Waals surface area contributed by atoms with Crippen LogP contribution in [-0.2, 0) is 24.3 Å². The summed E-state index contributed by atoms with van der Waals surface area (Å²) >= 11 is 0. The van der Waals surface area contributed by atoms with Crippen LogP contribution >= 0.6 is 0 Å². The van der Waals surface area contributed by atoms with Gasteiger partial charge in [0.05, 0.1) is 18.6 Å². The Balaban J connectivity index is 1.67. The summed E-state index contributed by atoms with van der Waals surface area (Å²) in [4.78, 5) is 28.3. The molecule has 2 heterocycles. The van der Waals surface area contributed by atoms with Crippen LogP contribution in [0.15, 0.2) is 45.7 Å². The SMILES string of the molecule is COC(=O)C(CC(C)C)NS(=O)(=O)c1ccc2oc3cc(N4CCN(C)CC4=O)ccc3c2c1. The van der Waals surface area contributed by atoms with Crippen LogP contribution in [0, 0.1) is 5.92 Å². The van der Waals surface area contributed by atoms with Gasteiger partial charge in [0.15, 0.2) is 0 Å². The van der Waals surface area contributed by atoms with E-state index in [-0.39, 0.29) is 16.7 Å². The molecule has 1 atom stereocenters. The molecule has 9 nitrogen and oxygen atoms in total. The van der Waals surface area contributed by atoms with Crippen LogP contribution in [0.5, 0.6) is 0 Å². The highest BCUT2D eigenvalue weighted by Crippen LogP contribution is 2.33. The number of sulfonamides is 1. The summed E-state index contributed by atoms with van der Waals surface area (Å²) in [5.41, 5.74) is 1.84. The summed E-state index contributed by atoms with van der Waals surface area (Å²) in [7, 11) is -0.841. The van der Waals surface area contributed by atoms with Crippen molar-refractivity contribution < 1.29 is 27.2 Å². The number of hydrogen-bond donors (Lipinski definition) is 1. The van der Waals surface area contributed by atoms with E-state index in [2.05, 4.69) is 4.72 Å². The first-order valence-electron chi connectivity index (χ1n) is 11.1. The summed E-state index contributed by atoms with van der Waals surface area (Å²) in [5, 5.41) is 1.37. The van der Waals surface area contributed by atoms with Crippen LogP contribution in [0.2, 0.25) is 0 Å². The summed E-state index contributed by atoms with van der Waals surface area (Å²) in [6.45, 7) is 5.53. The van der Waals surface area contributed by atoms with Crippen molar-refractivity contribution in [3.05, 3.63) is 36.4 Å². The van der Waals surface area contributed by atoms with E-state index in [1.54, 1.807) is 17.0 Å². The van der Waals surface area contributed by atoms with Gasteiger partial charge in [0, 0.05) is 35.6 Å². The summed E-state index contributed by atoms with van der Waals surface area (Å²) < 4.78 is 39.4. The Morgan fingerprint density at radius 3 is 2.56 bits per heavy atom. The number of fused-ring (bicyclic) bond motifs is 3. The van der Waals surface area contributed by atoms with E-state index in [1.807, 2.05) is 37.9 Å². The van der Waals surface area contributed by atoms with Crippen LogP contribution in [0.1, 0.15) is 20.3 Å². The Labute approximate surface area is 198 Å². The quantitative estimate of drug-likeness (QED) is 0.511. The van der Waals surface area contributed by atoms with Crippen molar-refractivity contribution in [3.63, 3.8) is 0 Å². The lowest BCUT2D eigenvalue weighted by Crippen LogP contribution is -2.48. The molecule has 1 fully saturated rings. The van der Waals surface area contributed by atoms with Crippen LogP contribution in [-0.4, -0.2) is 65.0 Å². The van der Waals surface area contributed by atoms with Gasteiger partial charge in [-0.1, -0.05) is 13.8 Å². The predicted molar refractivity (Wildman–Crippen MR) is 129 cm³/mol. The van der Waals surface area contributed by atoms with Gasteiger partial charge in [-0.05, 0) is 49.7 Å². The third-order valence-corrected chi connectivity index (χ3v) is 7.42. The number of carbonyl (C=O) groups excluding carboxylic acids is 2. The Hall–Kier alpha value is -2.95. The number of piperazine rings is 1. The van der Waals surface area contributed by atoms with Crippen molar-refractivity contribution >= 4 is 49.5 Å². The highest BCUT2D eigenvalue weighted by molar-refractivity contribution is 7.89. The molecule has 0 radical (unpaired) electrons. The number of methoxy groups -OCH3 is 1. The first kappa shape index (κ1) is 24.2. The molecule has 0 aliphatic carbocycles. The molecule has 0 saturated carbocycles. The number of nitrogens with zero attached hydrogens (tertiary/aromatic N) is 2. The fraction of sp³-hybridized carbons (Fsp3) is 0.417. The largest absolute Gasteiger partial charge is 0.468 e. The molecule has 1 aromatic heterocycles. The maximum absolute atomic E-state index is 13.1. The normalized spacial score (nSPS) is 16.5. The molecule has 0 bridgehead atoms. The van der Waals surface area contributed by atoms with Gasteiger partial charge in [0.2, 0.25) is 15.9 Å². The number of nitrogens with one attached hydrogen (secondary N) is 1. The fourth-order valence-electron chi connectivity index (χ4n) is 4.21. The second kappa shape index (κ2) is 9.36. The van der Waals surface area contributed by atoms with Crippen molar-refractivity contribution in [2.75, 3.05) is 38.7 Å². The summed E-state index contributed by atoms with van der Waals surface area (Å²) in [6, 6.07) is 9.09. The van der Waals surface area contributed by atoms with Gasteiger partial charge < -0.3 is 14.1 Å². The monoisotopic (exact) mass is 487 g/mol. The van der Waals surface area contributed by atoms with E-state index < -0.39 is 22.0 Å². The number of anilines is 1. The molecule has 1 aliphatic rings. The Morgan fingerprint density at radius 1 is 1.12 bits per heavy atom. The smallest absolute Gasteiger partial charge is 0.323 e. The average molecular weight is 488 g/mol. The van der Waals surface area contributed by atoms with Gasteiger partial charge >= 0.3 is 5.97 Å². The number of hydrogen-bond acceptors (Lipinski definition) is 7. The molecule has 2 aromatic carbocycles. The first-order valence-corrected chi connectivity index (χ1v) is 12.6. The van der Waals surface area contributed by atoms with Gasteiger partial charge in [0.25, 0.3) is 0 Å². The maximum Gasteiger partial charge on any atom is 0.323 e. The third-order valence-electron chi connectivity index (χ3n) is 5.95. The molecular formula is C24H29N3O6S. The van der Waals surface area contributed by atoms with E-state index in [0.29, 0.717) is 36.1 Å². The van der Waals surface area contributed by atoms with Crippen LogP contribution < -0.4 is 9.62 Å². The number of ether oxygens (including phenoxy) is 1. The van der Waals surface area contributed by atoms with Crippen LogP contribution in [0.3, 0.4) is 0 Å². The van der Waals surface area contributed by atoms with Gasteiger partial charge in [0.1, 0.15) is 17.2 Å². The molecule has 0 spiro atoms. The van der Waals surface area contributed by atoms with E-state index in [4.69, 9.17) is 9.15 Å². The number of benzene rings is 2. The van der Waals surface area contributed by atoms with E-state index in [0.717, 1.165) is 17.6 Å². The average Bonchev–Trinajstić information content (AvgIpc) is 3.14. The Morgan fingerprint density at radius 2 is 1.88 bits per heavy atom. The second-order valence-corrected chi connectivity index (χ2v) is 10.8. The zero-order chi connectivity index (χ0) is 24.6. The molecule has 1 amide bonds. The van der Waals surface area contributed by atoms with Gasteiger partial charge in [-0.15, -0.1) is 0 Å². The lowest BCUT2D eigenvalue weighted by molar-refractivity contribution is -0.143. The van der Waals surface area contributed by atoms with Crippen molar-refractivity contribution in [1.29, 1.82) is 0 Å². The fourth-order valence-corrected chi connectivity index (χ4v) is 5.43. The Kier molecular flexibility index (Phi) is 6.66. The summed E-state index contributed by atoms with van der Waals surface area (Å²) in [5.74, 6) is -0.517.